The SMILES string of the molecule is C[C@@H](CO)Nc1nc2ccccc2cc1CO. The number of rotatable bonds is 4. The molecule has 1 aromatic heterocycles. The molecule has 2 aromatic rings. The van der Waals surface area contributed by atoms with E-state index in [-0.39, 0.29) is 19.3 Å². The van der Waals surface area contributed by atoms with E-state index >= 15 is 0 Å². The first-order valence-electron chi connectivity index (χ1n) is 5.61. The summed E-state index contributed by atoms with van der Waals surface area (Å²) in [6, 6.07) is 9.57. The Morgan fingerprint density at radius 2 is 2.06 bits per heavy atom. The van der Waals surface area contributed by atoms with Crippen LogP contribution in [0.2, 0.25) is 0 Å². The highest BCUT2D eigenvalue weighted by atomic mass is 16.3. The van der Waals surface area contributed by atoms with E-state index in [1.165, 1.54) is 0 Å². The number of pyridine rings is 1. The first-order valence-corrected chi connectivity index (χ1v) is 5.61. The monoisotopic (exact) mass is 232 g/mol. The van der Waals surface area contributed by atoms with Gasteiger partial charge in [0.05, 0.1) is 18.7 Å². The molecule has 0 bridgehead atoms. The number of aliphatic hydroxyl groups excluding tert-OH is 2. The second-order valence-corrected chi connectivity index (χ2v) is 4.07. The van der Waals surface area contributed by atoms with Crippen LogP contribution in [0, 0.1) is 0 Å². The van der Waals surface area contributed by atoms with Gasteiger partial charge in [0.15, 0.2) is 0 Å². The van der Waals surface area contributed by atoms with E-state index in [1.807, 2.05) is 37.3 Å². The summed E-state index contributed by atoms with van der Waals surface area (Å²) >= 11 is 0. The number of nitrogens with one attached hydrogen (secondary N) is 1. The molecule has 0 radical (unpaired) electrons. The number of anilines is 1. The van der Waals surface area contributed by atoms with Gasteiger partial charge in [0, 0.05) is 17.0 Å². The predicted molar refractivity (Wildman–Crippen MR) is 67.8 cm³/mol. The second kappa shape index (κ2) is 5.12. The number of para-hydroxylation sites is 1. The van der Waals surface area contributed by atoms with Gasteiger partial charge in [0.25, 0.3) is 0 Å². The Hall–Kier alpha value is -1.65. The van der Waals surface area contributed by atoms with Gasteiger partial charge in [-0.05, 0) is 19.1 Å². The van der Waals surface area contributed by atoms with Crippen LogP contribution in [0.4, 0.5) is 5.82 Å². The van der Waals surface area contributed by atoms with E-state index in [1.54, 1.807) is 0 Å². The number of benzene rings is 1. The van der Waals surface area contributed by atoms with Crippen molar-refractivity contribution in [1.29, 1.82) is 0 Å². The first kappa shape index (κ1) is 11.8. The van der Waals surface area contributed by atoms with Gasteiger partial charge in [-0.1, -0.05) is 18.2 Å². The van der Waals surface area contributed by atoms with Crippen molar-refractivity contribution < 1.29 is 10.2 Å². The van der Waals surface area contributed by atoms with Crippen molar-refractivity contribution in [3.05, 3.63) is 35.9 Å². The third-order valence-corrected chi connectivity index (χ3v) is 2.63. The smallest absolute Gasteiger partial charge is 0.132 e. The maximum absolute atomic E-state index is 9.32. The van der Waals surface area contributed by atoms with Crippen LogP contribution in [0.15, 0.2) is 30.3 Å². The maximum Gasteiger partial charge on any atom is 0.132 e. The van der Waals surface area contributed by atoms with Crippen molar-refractivity contribution in [1.82, 2.24) is 4.98 Å². The number of hydrogen-bond donors (Lipinski definition) is 3. The number of aliphatic hydroxyl groups is 2. The molecule has 0 spiro atoms. The lowest BCUT2D eigenvalue weighted by molar-refractivity contribution is 0.277. The van der Waals surface area contributed by atoms with Crippen LogP contribution in [-0.4, -0.2) is 27.8 Å². The van der Waals surface area contributed by atoms with Gasteiger partial charge < -0.3 is 15.5 Å². The van der Waals surface area contributed by atoms with Gasteiger partial charge in [-0.2, -0.15) is 0 Å². The summed E-state index contributed by atoms with van der Waals surface area (Å²) in [6.45, 7) is 1.82. The highest BCUT2D eigenvalue weighted by Crippen LogP contribution is 2.20. The molecule has 0 aliphatic heterocycles. The molecule has 1 heterocycles. The number of fused-ring (bicyclic) bond motifs is 1. The molecule has 0 aliphatic rings. The molecule has 90 valence electrons. The normalized spacial score (nSPS) is 12.6. The zero-order chi connectivity index (χ0) is 12.3. The van der Waals surface area contributed by atoms with E-state index in [4.69, 9.17) is 5.11 Å². The Kier molecular flexibility index (Phi) is 3.56. The Balaban J connectivity index is 2.45. The summed E-state index contributed by atoms with van der Waals surface area (Å²) in [4.78, 5) is 4.45. The lowest BCUT2D eigenvalue weighted by Crippen LogP contribution is -2.21. The van der Waals surface area contributed by atoms with Gasteiger partial charge in [-0.3, -0.25) is 0 Å². The van der Waals surface area contributed by atoms with Gasteiger partial charge in [0.1, 0.15) is 5.82 Å². The van der Waals surface area contributed by atoms with E-state index in [0.29, 0.717) is 5.82 Å². The second-order valence-electron chi connectivity index (χ2n) is 4.07. The number of hydrogen-bond acceptors (Lipinski definition) is 4. The molecule has 2 rings (SSSR count). The van der Waals surface area contributed by atoms with Crippen LogP contribution in [0.1, 0.15) is 12.5 Å². The van der Waals surface area contributed by atoms with Crippen LogP contribution in [-0.2, 0) is 6.61 Å². The van der Waals surface area contributed by atoms with Crippen LogP contribution in [0.25, 0.3) is 10.9 Å². The third kappa shape index (κ3) is 2.54. The highest BCUT2D eigenvalue weighted by molar-refractivity contribution is 5.81. The average molecular weight is 232 g/mol. The topological polar surface area (TPSA) is 65.4 Å². The van der Waals surface area contributed by atoms with Crippen LogP contribution < -0.4 is 5.32 Å². The molecular formula is C13H16N2O2. The lowest BCUT2D eigenvalue weighted by atomic mass is 10.1. The van der Waals surface area contributed by atoms with Crippen molar-refractivity contribution in [3.8, 4) is 0 Å². The highest BCUT2D eigenvalue weighted by Gasteiger charge is 2.08. The average Bonchev–Trinajstić information content (AvgIpc) is 2.37. The van der Waals surface area contributed by atoms with E-state index in [0.717, 1.165) is 16.5 Å². The van der Waals surface area contributed by atoms with Crippen molar-refractivity contribution in [2.75, 3.05) is 11.9 Å². The minimum atomic E-state index is -0.0889. The standard InChI is InChI=1S/C13H16N2O2/c1-9(7-16)14-13-11(8-17)6-10-4-2-3-5-12(10)15-13/h2-6,9,16-17H,7-8H2,1H3,(H,14,15)/t9-/m0/s1. The zero-order valence-electron chi connectivity index (χ0n) is 9.72. The molecule has 3 N–H and O–H groups in total. The zero-order valence-corrected chi connectivity index (χ0v) is 9.72. The predicted octanol–water partition coefficient (Wildman–Crippen LogP) is 1.52. The van der Waals surface area contributed by atoms with Crippen LogP contribution >= 0.6 is 0 Å². The fraction of sp³-hybridized carbons (Fsp3) is 0.308. The summed E-state index contributed by atoms with van der Waals surface area (Å²) in [5, 5.41) is 22.4. The fourth-order valence-electron chi connectivity index (χ4n) is 1.68. The van der Waals surface area contributed by atoms with Crippen molar-refractivity contribution in [2.24, 2.45) is 0 Å². The van der Waals surface area contributed by atoms with E-state index < -0.39 is 0 Å². The molecular weight excluding hydrogens is 216 g/mol. The molecule has 4 heteroatoms. The molecule has 0 saturated carbocycles. The first-order chi connectivity index (χ1) is 8.24. The van der Waals surface area contributed by atoms with E-state index in [2.05, 4.69) is 10.3 Å². The minimum Gasteiger partial charge on any atom is -0.394 e. The molecule has 0 unspecified atom stereocenters. The Morgan fingerprint density at radius 1 is 1.29 bits per heavy atom. The molecule has 0 amide bonds. The quantitative estimate of drug-likeness (QED) is 0.747. The van der Waals surface area contributed by atoms with Gasteiger partial charge in [-0.15, -0.1) is 0 Å². The molecule has 0 fully saturated rings. The van der Waals surface area contributed by atoms with Gasteiger partial charge in [0.2, 0.25) is 0 Å². The summed E-state index contributed by atoms with van der Waals surface area (Å²) in [5.41, 5.74) is 1.61. The number of nitrogens with zero attached hydrogens (tertiary/aromatic N) is 1. The maximum atomic E-state index is 9.32. The Labute approximate surface area is 99.9 Å². The summed E-state index contributed by atoms with van der Waals surface area (Å²) in [6.07, 6.45) is 0. The van der Waals surface area contributed by atoms with Crippen LogP contribution in [0.5, 0.6) is 0 Å². The van der Waals surface area contributed by atoms with Crippen LogP contribution in [0.3, 0.4) is 0 Å². The Bertz CT molecular complexity index is 514. The molecule has 0 saturated heterocycles. The lowest BCUT2D eigenvalue weighted by Gasteiger charge is -2.15. The summed E-state index contributed by atoms with van der Waals surface area (Å²) in [7, 11) is 0. The third-order valence-electron chi connectivity index (χ3n) is 2.63. The van der Waals surface area contributed by atoms with Gasteiger partial charge in [-0.25, -0.2) is 4.98 Å². The molecule has 4 nitrogen and oxygen atoms in total. The molecule has 17 heavy (non-hydrogen) atoms. The van der Waals surface area contributed by atoms with Gasteiger partial charge >= 0.3 is 0 Å². The van der Waals surface area contributed by atoms with E-state index in [9.17, 15) is 5.11 Å². The Morgan fingerprint density at radius 3 is 2.76 bits per heavy atom. The molecule has 1 atom stereocenters. The van der Waals surface area contributed by atoms with Crippen molar-refractivity contribution in [2.45, 2.75) is 19.6 Å². The molecule has 1 aromatic carbocycles. The number of aromatic nitrogens is 1. The van der Waals surface area contributed by atoms with Crippen molar-refractivity contribution in [3.63, 3.8) is 0 Å². The van der Waals surface area contributed by atoms with Crippen molar-refractivity contribution >= 4 is 16.7 Å². The fourth-order valence-corrected chi connectivity index (χ4v) is 1.68. The minimum absolute atomic E-state index is 0.0272. The summed E-state index contributed by atoms with van der Waals surface area (Å²) in [5.74, 6) is 0.632. The molecule has 0 aliphatic carbocycles. The summed E-state index contributed by atoms with van der Waals surface area (Å²) < 4.78 is 0. The largest absolute Gasteiger partial charge is 0.394 e.